The Morgan fingerprint density at radius 1 is 1.09 bits per heavy atom. The number of aliphatic hydroxyl groups is 1. The van der Waals surface area contributed by atoms with Crippen molar-refractivity contribution in [2.75, 3.05) is 6.61 Å². The maximum atomic E-state index is 12.3. The molecule has 23 heavy (non-hydrogen) atoms. The van der Waals surface area contributed by atoms with Crippen molar-refractivity contribution in [3.63, 3.8) is 0 Å². The summed E-state index contributed by atoms with van der Waals surface area (Å²) in [6.07, 6.45) is 0.123. The summed E-state index contributed by atoms with van der Waals surface area (Å²) in [7, 11) is -2.05. The van der Waals surface area contributed by atoms with Crippen LogP contribution in [0.1, 0.15) is 61.8 Å². The maximum absolute atomic E-state index is 12.3. The summed E-state index contributed by atoms with van der Waals surface area (Å²) < 4.78 is 12.4. The molecular formula is C18H36O4Si. The number of esters is 1. The molecule has 0 radical (unpaired) electrons. The monoisotopic (exact) mass is 344 g/mol. The van der Waals surface area contributed by atoms with E-state index in [1.807, 2.05) is 6.92 Å². The van der Waals surface area contributed by atoms with E-state index in [2.05, 4.69) is 48.5 Å². The summed E-state index contributed by atoms with van der Waals surface area (Å²) in [5.74, 6) is -0.327. The molecule has 136 valence electrons. The summed E-state index contributed by atoms with van der Waals surface area (Å²) in [5.41, 5.74) is 1.45. The fourth-order valence-electron chi connectivity index (χ4n) is 4.47. The van der Waals surface area contributed by atoms with Crippen LogP contribution in [0.25, 0.3) is 0 Å². The standard InChI is InChI=1S/C18H36O4Si/c1-11(2)23(12(3)4,13(5)6)22-17-14(7)16(9-10-19)21-18(20)15(17)8/h11-17,19H,9-10H2,1-8H3/t14-,15+,16-,17-/m0/s1. The van der Waals surface area contributed by atoms with Crippen LogP contribution < -0.4 is 0 Å². The molecule has 0 spiro atoms. The molecule has 0 bridgehead atoms. The number of rotatable bonds is 7. The topological polar surface area (TPSA) is 55.8 Å². The van der Waals surface area contributed by atoms with Gasteiger partial charge in [-0.15, -0.1) is 0 Å². The van der Waals surface area contributed by atoms with Crippen molar-refractivity contribution in [3.8, 4) is 0 Å². The van der Waals surface area contributed by atoms with Crippen molar-refractivity contribution in [2.45, 2.75) is 90.6 Å². The van der Waals surface area contributed by atoms with Gasteiger partial charge in [-0.25, -0.2) is 0 Å². The third-order valence-electron chi connectivity index (χ3n) is 5.70. The van der Waals surface area contributed by atoms with Crippen LogP contribution in [-0.4, -0.2) is 38.2 Å². The lowest BCUT2D eigenvalue weighted by atomic mass is 9.85. The van der Waals surface area contributed by atoms with Gasteiger partial charge in [0.15, 0.2) is 0 Å². The zero-order chi connectivity index (χ0) is 17.9. The van der Waals surface area contributed by atoms with E-state index in [9.17, 15) is 9.90 Å². The molecule has 0 aromatic carbocycles. The molecule has 1 fully saturated rings. The van der Waals surface area contributed by atoms with Crippen LogP contribution in [0.15, 0.2) is 0 Å². The minimum atomic E-state index is -2.05. The largest absolute Gasteiger partial charge is 0.462 e. The number of ether oxygens (including phenoxy) is 1. The fourth-order valence-corrected chi connectivity index (χ4v) is 10.2. The van der Waals surface area contributed by atoms with Gasteiger partial charge in [-0.3, -0.25) is 4.79 Å². The SMILES string of the molecule is CC(C)[Si](O[C@H]1[C@@H](C)[C@H](CCO)OC(=O)[C@@H]1C)(C(C)C)C(C)C. The second-order valence-corrected chi connectivity index (χ2v) is 13.4. The molecule has 0 unspecified atom stereocenters. The first-order chi connectivity index (χ1) is 10.6. The van der Waals surface area contributed by atoms with Gasteiger partial charge in [0.25, 0.3) is 0 Å². The van der Waals surface area contributed by atoms with Gasteiger partial charge in [0.05, 0.1) is 12.0 Å². The third-order valence-corrected chi connectivity index (χ3v) is 11.8. The quantitative estimate of drug-likeness (QED) is 0.557. The first kappa shape index (κ1) is 20.7. The summed E-state index contributed by atoms with van der Waals surface area (Å²) in [4.78, 5) is 12.3. The van der Waals surface area contributed by atoms with Crippen LogP contribution in [0.3, 0.4) is 0 Å². The molecule has 1 saturated heterocycles. The van der Waals surface area contributed by atoms with Crippen LogP contribution >= 0.6 is 0 Å². The van der Waals surface area contributed by atoms with Crippen molar-refractivity contribution < 1.29 is 19.1 Å². The first-order valence-corrected chi connectivity index (χ1v) is 11.2. The second-order valence-electron chi connectivity index (χ2n) is 8.04. The van der Waals surface area contributed by atoms with E-state index in [0.717, 1.165) is 0 Å². The maximum Gasteiger partial charge on any atom is 0.311 e. The highest BCUT2D eigenvalue weighted by atomic mass is 28.4. The molecule has 0 aromatic heterocycles. The Hall–Kier alpha value is -0.393. The van der Waals surface area contributed by atoms with Gasteiger partial charge in [-0.1, -0.05) is 48.5 Å². The van der Waals surface area contributed by atoms with Gasteiger partial charge in [0, 0.05) is 18.9 Å². The Morgan fingerprint density at radius 3 is 1.96 bits per heavy atom. The lowest BCUT2D eigenvalue weighted by Crippen LogP contribution is -2.57. The Labute approximate surface area is 143 Å². The predicted molar refractivity (Wildman–Crippen MR) is 95.8 cm³/mol. The normalized spacial score (nSPS) is 29.5. The van der Waals surface area contributed by atoms with Crippen LogP contribution in [0.2, 0.25) is 16.6 Å². The second kappa shape index (κ2) is 8.12. The predicted octanol–water partition coefficient (Wildman–Crippen LogP) is 4.13. The molecule has 0 amide bonds. The molecule has 0 aliphatic carbocycles. The average Bonchev–Trinajstić information content (AvgIpc) is 2.44. The number of cyclic esters (lactones) is 1. The lowest BCUT2D eigenvalue weighted by molar-refractivity contribution is -0.177. The van der Waals surface area contributed by atoms with E-state index in [0.29, 0.717) is 23.0 Å². The van der Waals surface area contributed by atoms with E-state index in [1.165, 1.54) is 0 Å². The summed E-state index contributed by atoms with van der Waals surface area (Å²) in [6.45, 7) is 17.6. The van der Waals surface area contributed by atoms with Crippen LogP contribution in [0.5, 0.6) is 0 Å². The highest BCUT2D eigenvalue weighted by Crippen LogP contribution is 2.45. The number of carbonyl (C=O) groups is 1. The minimum absolute atomic E-state index is 0.0322. The van der Waals surface area contributed by atoms with Gasteiger partial charge in [-0.05, 0) is 23.5 Å². The number of aliphatic hydroxyl groups excluding tert-OH is 1. The van der Waals surface area contributed by atoms with Crippen molar-refractivity contribution in [2.24, 2.45) is 11.8 Å². The molecule has 0 aromatic rings. The summed E-state index contributed by atoms with van der Waals surface area (Å²) in [6, 6.07) is 0. The molecule has 5 heteroatoms. The van der Waals surface area contributed by atoms with Gasteiger partial charge in [-0.2, -0.15) is 0 Å². The van der Waals surface area contributed by atoms with E-state index in [-0.39, 0.29) is 36.6 Å². The van der Waals surface area contributed by atoms with E-state index in [4.69, 9.17) is 9.16 Å². The molecule has 1 aliphatic rings. The van der Waals surface area contributed by atoms with Gasteiger partial charge in [0.2, 0.25) is 8.32 Å². The van der Waals surface area contributed by atoms with Crippen molar-refractivity contribution >= 4 is 14.3 Å². The van der Waals surface area contributed by atoms with E-state index in [1.54, 1.807) is 0 Å². The Morgan fingerprint density at radius 2 is 1.57 bits per heavy atom. The molecular weight excluding hydrogens is 308 g/mol. The van der Waals surface area contributed by atoms with Crippen LogP contribution in [0.4, 0.5) is 0 Å². The van der Waals surface area contributed by atoms with Crippen molar-refractivity contribution in [1.82, 2.24) is 0 Å². The smallest absolute Gasteiger partial charge is 0.311 e. The summed E-state index contributed by atoms with van der Waals surface area (Å²) in [5, 5.41) is 9.25. The number of hydrogen-bond donors (Lipinski definition) is 1. The molecule has 1 aliphatic heterocycles. The molecule has 1 heterocycles. The summed E-state index contributed by atoms with van der Waals surface area (Å²) >= 11 is 0. The first-order valence-electron chi connectivity index (χ1n) is 9.08. The average molecular weight is 345 g/mol. The Bertz CT molecular complexity index is 373. The third kappa shape index (κ3) is 3.99. The Kier molecular flexibility index (Phi) is 7.29. The van der Waals surface area contributed by atoms with Crippen molar-refractivity contribution in [3.05, 3.63) is 0 Å². The molecule has 4 atom stereocenters. The van der Waals surface area contributed by atoms with Gasteiger partial charge >= 0.3 is 5.97 Å². The van der Waals surface area contributed by atoms with Crippen LogP contribution in [0, 0.1) is 11.8 Å². The van der Waals surface area contributed by atoms with Gasteiger partial charge < -0.3 is 14.3 Å². The van der Waals surface area contributed by atoms with Crippen molar-refractivity contribution in [1.29, 1.82) is 0 Å². The zero-order valence-electron chi connectivity index (χ0n) is 16.1. The van der Waals surface area contributed by atoms with E-state index >= 15 is 0 Å². The highest BCUT2D eigenvalue weighted by Gasteiger charge is 2.51. The van der Waals surface area contributed by atoms with E-state index < -0.39 is 8.32 Å². The van der Waals surface area contributed by atoms with Gasteiger partial charge in [0.1, 0.15) is 6.10 Å². The molecule has 1 N–H and O–H groups in total. The Balaban J connectivity index is 3.15. The molecule has 0 saturated carbocycles. The zero-order valence-corrected chi connectivity index (χ0v) is 17.1. The minimum Gasteiger partial charge on any atom is -0.462 e. The number of hydrogen-bond acceptors (Lipinski definition) is 4. The fraction of sp³-hybridized carbons (Fsp3) is 0.944. The highest BCUT2D eigenvalue weighted by molar-refractivity contribution is 6.77. The van der Waals surface area contributed by atoms with Crippen LogP contribution in [-0.2, 0) is 14.0 Å². The lowest BCUT2D eigenvalue weighted by Gasteiger charge is -2.49. The molecule has 1 rings (SSSR count). The number of carbonyl (C=O) groups excluding carboxylic acids is 1. The molecule has 4 nitrogen and oxygen atoms in total.